The molecule has 0 radical (unpaired) electrons. The second-order valence-corrected chi connectivity index (χ2v) is 6.39. The molecule has 3 rings (SSSR count). The Balaban J connectivity index is 1.67. The lowest BCUT2D eigenvalue weighted by atomic mass is 10.1. The second-order valence-electron chi connectivity index (χ2n) is 5.47. The van der Waals surface area contributed by atoms with Gasteiger partial charge < -0.3 is 4.74 Å². The van der Waals surface area contributed by atoms with Crippen LogP contribution < -0.4 is 10.9 Å². The Morgan fingerprint density at radius 3 is 2.65 bits per heavy atom. The molecular formula is C17H18N2O3S. The molecule has 1 aromatic carbocycles. The maximum Gasteiger partial charge on any atom is 0.280 e. The van der Waals surface area contributed by atoms with E-state index >= 15 is 0 Å². The van der Waals surface area contributed by atoms with Crippen LogP contribution in [0.5, 0.6) is 0 Å². The fraction of sp³-hybridized carbons (Fsp3) is 0.294. The number of benzene rings is 1. The van der Waals surface area contributed by atoms with Crippen LogP contribution in [-0.2, 0) is 9.53 Å². The van der Waals surface area contributed by atoms with Crippen molar-refractivity contribution in [2.45, 2.75) is 25.9 Å². The van der Waals surface area contributed by atoms with E-state index in [9.17, 15) is 9.59 Å². The fourth-order valence-electron chi connectivity index (χ4n) is 2.49. The summed E-state index contributed by atoms with van der Waals surface area (Å²) in [6.07, 6.45) is 1.10. The summed E-state index contributed by atoms with van der Waals surface area (Å²) >= 11 is 1.35. The number of nitrogens with one attached hydrogen (secondary N) is 2. The third-order valence-corrected chi connectivity index (χ3v) is 4.67. The van der Waals surface area contributed by atoms with Gasteiger partial charge >= 0.3 is 0 Å². The topological polar surface area (TPSA) is 67.4 Å². The van der Waals surface area contributed by atoms with Crippen molar-refractivity contribution < 1.29 is 14.3 Å². The number of thiophene rings is 1. The number of carbonyl (C=O) groups excluding carboxylic acids is 2. The van der Waals surface area contributed by atoms with Crippen molar-refractivity contribution in [1.82, 2.24) is 10.9 Å². The fourth-order valence-corrected chi connectivity index (χ4v) is 3.30. The molecule has 0 saturated carbocycles. The molecule has 1 unspecified atom stereocenters. The van der Waals surface area contributed by atoms with Crippen molar-refractivity contribution >= 4 is 23.2 Å². The monoisotopic (exact) mass is 330 g/mol. The van der Waals surface area contributed by atoms with Gasteiger partial charge in [-0.3, -0.25) is 20.4 Å². The maximum atomic E-state index is 12.3. The van der Waals surface area contributed by atoms with Crippen LogP contribution in [0.3, 0.4) is 0 Å². The highest BCUT2D eigenvalue weighted by Gasteiger charge is 2.24. The van der Waals surface area contributed by atoms with Crippen LogP contribution in [0.4, 0.5) is 0 Å². The van der Waals surface area contributed by atoms with Gasteiger partial charge in [-0.25, -0.2) is 0 Å². The molecule has 1 atom stereocenters. The summed E-state index contributed by atoms with van der Waals surface area (Å²) in [4.78, 5) is 24.8. The molecule has 2 aromatic rings. The van der Waals surface area contributed by atoms with Crippen LogP contribution in [0.25, 0.3) is 11.1 Å². The van der Waals surface area contributed by atoms with Gasteiger partial charge in [-0.05, 0) is 36.8 Å². The van der Waals surface area contributed by atoms with E-state index < -0.39 is 6.10 Å². The van der Waals surface area contributed by atoms with Gasteiger partial charge in [0.2, 0.25) is 0 Å². The number of hydrogen-bond donors (Lipinski definition) is 2. The predicted molar refractivity (Wildman–Crippen MR) is 89.1 cm³/mol. The average Bonchev–Trinajstić information content (AvgIpc) is 3.24. The number of ether oxygens (including phenoxy) is 1. The highest BCUT2D eigenvalue weighted by atomic mass is 32.1. The van der Waals surface area contributed by atoms with E-state index in [4.69, 9.17) is 4.74 Å². The van der Waals surface area contributed by atoms with Crippen molar-refractivity contribution in [3.63, 3.8) is 0 Å². The van der Waals surface area contributed by atoms with Crippen LogP contribution >= 0.6 is 11.3 Å². The summed E-state index contributed by atoms with van der Waals surface area (Å²) in [6, 6.07) is 9.90. The standard InChI is InChI=1S/C17H18N2O3S/c1-11-4-6-12(7-5-11)13-8-10-23-15(13)17(21)19-18-16(20)14-3-2-9-22-14/h4-8,10,14H,2-3,9H2,1H3,(H,18,20)(H,19,21). The molecule has 0 aliphatic carbocycles. The summed E-state index contributed by atoms with van der Waals surface area (Å²) < 4.78 is 5.28. The lowest BCUT2D eigenvalue weighted by molar-refractivity contribution is -0.130. The first-order valence-corrected chi connectivity index (χ1v) is 8.39. The zero-order chi connectivity index (χ0) is 16.2. The maximum absolute atomic E-state index is 12.3. The summed E-state index contributed by atoms with van der Waals surface area (Å²) in [7, 11) is 0. The molecule has 2 N–H and O–H groups in total. The molecule has 1 aliphatic heterocycles. The molecule has 0 spiro atoms. The Morgan fingerprint density at radius 2 is 1.96 bits per heavy atom. The number of aryl methyl sites for hydroxylation is 1. The minimum absolute atomic E-state index is 0.302. The van der Waals surface area contributed by atoms with Crippen LogP contribution in [0.15, 0.2) is 35.7 Å². The third-order valence-electron chi connectivity index (χ3n) is 3.76. The number of rotatable bonds is 3. The molecule has 1 aromatic heterocycles. The largest absolute Gasteiger partial charge is 0.368 e. The number of amides is 2. The van der Waals surface area contributed by atoms with E-state index in [1.165, 1.54) is 16.9 Å². The van der Waals surface area contributed by atoms with E-state index in [1.54, 1.807) is 0 Å². The van der Waals surface area contributed by atoms with E-state index in [0.717, 1.165) is 17.5 Å². The molecule has 1 fully saturated rings. The van der Waals surface area contributed by atoms with Crippen molar-refractivity contribution in [2.75, 3.05) is 6.61 Å². The Labute approximate surface area is 138 Å². The van der Waals surface area contributed by atoms with Gasteiger partial charge in [0.1, 0.15) is 11.0 Å². The minimum atomic E-state index is -0.463. The quantitative estimate of drug-likeness (QED) is 0.850. The molecule has 2 heterocycles. The summed E-state index contributed by atoms with van der Waals surface area (Å²) in [5.41, 5.74) is 7.92. The van der Waals surface area contributed by atoms with Crippen molar-refractivity contribution in [3.05, 3.63) is 46.2 Å². The van der Waals surface area contributed by atoms with Crippen molar-refractivity contribution in [1.29, 1.82) is 0 Å². The first-order valence-electron chi connectivity index (χ1n) is 7.51. The highest BCUT2D eigenvalue weighted by molar-refractivity contribution is 7.12. The summed E-state index contributed by atoms with van der Waals surface area (Å²) in [6.45, 7) is 2.61. The minimum Gasteiger partial charge on any atom is -0.368 e. The van der Waals surface area contributed by atoms with Gasteiger partial charge in [0.05, 0.1) is 0 Å². The SMILES string of the molecule is Cc1ccc(-c2ccsc2C(=O)NNC(=O)C2CCCO2)cc1. The molecular weight excluding hydrogens is 312 g/mol. The molecule has 1 saturated heterocycles. The average molecular weight is 330 g/mol. The molecule has 2 amide bonds. The number of carbonyl (C=O) groups is 2. The van der Waals surface area contributed by atoms with E-state index in [-0.39, 0.29) is 11.8 Å². The second kappa shape index (κ2) is 6.93. The third kappa shape index (κ3) is 3.60. The molecule has 6 heteroatoms. The molecule has 23 heavy (non-hydrogen) atoms. The summed E-state index contributed by atoms with van der Waals surface area (Å²) in [5, 5.41) is 1.87. The predicted octanol–water partition coefficient (Wildman–Crippen LogP) is 2.66. The highest BCUT2D eigenvalue weighted by Crippen LogP contribution is 2.28. The van der Waals surface area contributed by atoms with E-state index in [1.807, 2.05) is 42.6 Å². The number of hydrazine groups is 1. The molecule has 5 nitrogen and oxygen atoms in total. The Morgan fingerprint density at radius 1 is 1.17 bits per heavy atom. The molecule has 0 bridgehead atoms. The van der Waals surface area contributed by atoms with Crippen LogP contribution in [0.1, 0.15) is 28.1 Å². The smallest absolute Gasteiger partial charge is 0.280 e. The summed E-state index contributed by atoms with van der Waals surface area (Å²) in [5.74, 6) is -0.619. The zero-order valence-corrected chi connectivity index (χ0v) is 13.6. The van der Waals surface area contributed by atoms with Crippen molar-refractivity contribution in [2.24, 2.45) is 0 Å². The Kier molecular flexibility index (Phi) is 4.73. The Hall–Kier alpha value is -2.18. The lowest BCUT2D eigenvalue weighted by Gasteiger charge is -2.11. The molecule has 1 aliphatic rings. The van der Waals surface area contributed by atoms with E-state index in [0.29, 0.717) is 17.9 Å². The van der Waals surface area contributed by atoms with Crippen LogP contribution in [0, 0.1) is 6.92 Å². The van der Waals surface area contributed by atoms with Gasteiger partial charge in [0.25, 0.3) is 11.8 Å². The van der Waals surface area contributed by atoms with Crippen LogP contribution in [-0.4, -0.2) is 24.5 Å². The first kappa shape index (κ1) is 15.7. The van der Waals surface area contributed by atoms with Gasteiger partial charge in [0.15, 0.2) is 0 Å². The Bertz CT molecular complexity index is 703. The van der Waals surface area contributed by atoms with Gasteiger partial charge in [0, 0.05) is 12.2 Å². The molecule has 120 valence electrons. The van der Waals surface area contributed by atoms with Crippen LogP contribution in [0.2, 0.25) is 0 Å². The van der Waals surface area contributed by atoms with Gasteiger partial charge in [-0.2, -0.15) is 0 Å². The van der Waals surface area contributed by atoms with Gasteiger partial charge in [-0.15, -0.1) is 11.3 Å². The number of hydrogen-bond acceptors (Lipinski definition) is 4. The normalized spacial score (nSPS) is 17.0. The first-order chi connectivity index (χ1) is 11.1. The van der Waals surface area contributed by atoms with Crippen molar-refractivity contribution in [3.8, 4) is 11.1 Å². The van der Waals surface area contributed by atoms with Gasteiger partial charge in [-0.1, -0.05) is 29.8 Å². The zero-order valence-electron chi connectivity index (χ0n) is 12.8. The lowest BCUT2D eigenvalue weighted by Crippen LogP contribution is -2.46. The van der Waals surface area contributed by atoms with E-state index in [2.05, 4.69) is 10.9 Å².